The summed E-state index contributed by atoms with van der Waals surface area (Å²) in [4.78, 5) is 12.1. The number of carbonyl (C=O) groups is 1. The molecule has 1 aliphatic heterocycles. The van der Waals surface area contributed by atoms with Crippen molar-refractivity contribution in [3.8, 4) is 11.5 Å². The Balaban J connectivity index is 1.82. The van der Waals surface area contributed by atoms with Crippen LogP contribution >= 0.6 is 15.9 Å². The lowest BCUT2D eigenvalue weighted by Crippen LogP contribution is -2.36. The number of para-hydroxylation sites is 2. The zero-order valence-electron chi connectivity index (χ0n) is 9.26. The smallest absolute Gasteiger partial charge is 0.241 e. The molecule has 1 atom stereocenters. The highest BCUT2D eigenvalue weighted by molar-refractivity contribution is 9.10. The van der Waals surface area contributed by atoms with Gasteiger partial charge < -0.3 is 13.9 Å². The minimum atomic E-state index is -0.669. The predicted molar refractivity (Wildman–Crippen MR) is 67.1 cm³/mol. The van der Waals surface area contributed by atoms with Crippen LogP contribution in [0.2, 0.25) is 0 Å². The number of benzene rings is 1. The van der Waals surface area contributed by atoms with Crippen LogP contribution in [0.3, 0.4) is 0 Å². The van der Waals surface area contributed by atoms with E-state index < -0.39 is 6.10 Å². The Bertz CT molecular complexity index is 590. The van der Waals surface area contributed by atoms with Crippen molar-refractivity contribution >= 4 is 21.7 Å². The Labute approximate surface area is 112 Å². The molecule has 1 aromatic carbocycles. The maximum Gasteiger partial charge on any atom is 0.241 e. The number of furan rings is 1. The van der Waals surface area contributed by atoms with Gasteiger partial charge in [-0.1, -0.05) is 12.1 Å². The Hall–Kier alpha value is -1.75. The predicted octanol–water partition coefficient (Wildman–Crippen LogP) is 3.06. The van der Waals surface area contributed by atoms with Crippen LogP contribution in [0, 0.1) is 0 Å². The standard InChI is InChI=1S/C13H9BrO4/c14-12-6-5-10(18-12)13(15)11-7-16-8-3-1-2-4-9(8)17-11/h1-6,11H,7H2. The second kappa shape index (κ2) is 4.49. The van der Waals surface area contributed by atoms with Crippen molar-refractivity contribution in [2.45, 2.75) is 6.10 Å². The monoisotopic (exact) mass is 308 g/mol. The number of hydrogen-bond donors (Lipinski definition) is 0. The molecule has 0 amide bonds. The molecule has 0 bridgehead atoms. The molecule has 1 aromatic heterocycles. The highest BCUT2D eigenvalue weighted by Gasteiger charge is 2.29. The summed E-state index contributed by atoms with van der Waals surface area (Å²) in [6, 6.07) is 10.5. The summed E-state index contributed by atoms with van der Waals surface area (Å²) in [5.41, 5.74) is 0. The van der Waals surface area contributed by atoms with Crippen molar-refractivity contribution in [1.82, 2.24) is 0 Å². The van der Waals surface area contributed by atoms with Crippen LogP contribution in [0.1, 0.15) is 10.6 Å². The van der Waals surface area contributed by atoms with Crippen LogP contribution in [0.5, 0.6) is 11.5 Å². The molecule has 1 unspecified atom stereocenters. The molecule has 5 heteroatoms. The van der Waals surface area contributed by atoms with Gasteiger partial charge >= 0.3 is 0 Å². The average molecular weight is 309 g/mol. The van der Waals surface area contributed by atoms with E-state index in [4.69, 9.17) is 13.9 Å². The van der Waals surface area contributed by atoms with E-state index in [0.29, 0.717) is 16.2 Å². The summed E-state index contributed by atoms with van der Waals surface area (Å²) in [5, 5.41) is 0. The van der Waals surface area contributed by atoms with E-state index in [2.05, 4.69) is 15.9 Å². The molecule has 0 radical (unpaired) electrons. The van der Waals surface area contributed by atoms with Crippen molar-refractivity contribution in [3.05, 3.63) is 46.8 Å². The van der Waals surface area contributed by atoms with Gasteiger partial charge in [-0.25, -0.2) is 0 Å². The van der Waals surface area contributed by atoms with Gasteiger partial charge in [-0.3, -0.25) is 4.79 Å². The number of ether oxygens (including phenoxy) is 2. The Morgan fingerprint density at radius 3 is 2.67 bits per heavy atom. The normalized spacial score (nSPS) is 17.5. The third-order valence-corrected chi connectivity index (χ3v) is 3.04. The SMILES string of the molecule is O=C(c1ccc(Br)o1)C1COc2ccccc2O1. The second-order valence-electron chi connectivity index (χ2n) is 3.83. The number of halogens is 1. The first-order chi connectivity index (χ1) is 8.74. The molecule has 0 saturated heterocycles. The van der Waals surface area contributed by atoms with E-state index in [1.54, 1.807) is 24.3 Å². The van der Waals surface area contributed by atoms with Crippen molar-refractivity contribution in [1.29, 1.82) is 0 Å². The molecule has 92 valence electrons. The first kappa shape index (κ1) is 11.3. The summed E-state index contributed by atoms with van der Waals surface area (Å²) in [6.07, 6.45) is -0.669. The van der Waals surface area contributed by atoms with Crippen molar-refractivity contribution in [2.75, 3.05) is 6.61 Å². The minimum absolute atomic E-state index is 0.189. The highest BCUT2D eigenvalue weighted by atomic mass is 79.9. The zero-order chi connectivity index (χ0) is 12.5. The van der Waals surface area contributed by atoms with Crippen LogP contribution in [0.4, 0.5) is 0 Å². The highest BCUT2D eigenvalue weighted by Crippen LogP contribution is 2.31. The van der Waals surface area contributed by atoms with Crippen LogP contribution in [0.25, 0.3) is 0 Å². The van der Waals surface area contributed by atoms with Crippen molar-refractivity contribution in [2.24, 2.45) is 0 Å². The molecular formula is C13H9BrO4. The molecule has 2 aromatic rings. The first-order valence-electron chi connectivity index (χ1n) is 5.42. The van der Waals surface area contributed by atoms with E-state index in [9.17, 15) is 4.79 Å². The summed E-state index contributed by atoms with van der Waals surface area (Å²) in [7, 11) is 0. The van der Waals surface area contributed by atoms with E-state index >= 15 is 0 Å². The second-order valence-corrected chi connectivity index (χ2v) is 4.61. The lowest BCUT2D eigenvalue weighted by Gasteiger charge is -2.24. The van der Waals surface area contributed by atoms with Crippen LogP contribution in [-0.4, -0.2) is 18.5 Å². The third kappa shape index (κ3) is 2.01. The lowest BCUT2D eigenvalue weighted by atomic mass is 10.1. The van der Waals surface area contributed by atoms with Gasteiger partial charge in [0.05, 0.1) is 0 Å². The van der Waals surface area contributed by atoms with Gasteiger partial charge in [0.15, 0.2) is 28.0 Å². The summed E-state index contributed by atoms with van der Waals surface area (Å²) in [6.45, 7) is 0.189. The number of rotatable bonds is 2. The molecule has 4 nitrogen and oxygen atoms in total. The Morgan fingerprint density at radius 2 is 1.94 bits per heavy atom. The molecule has 0 spiro atoms. The Morgan fingerprint density at radius 1 is 1.17 bits per heavy atom. The molecular weight excluding hydrogens is 300 g/mol. The van der Waals surface area contributed by atoms with Crippen molar-refractivity contribution in [3.63, 3.8) is 0 Å². The molecule has 18 heavy (non-hydrogen) atoms. The molecule has 0 aliphatic carbocycles. The summed E-state index contributed by atoms with van der Waals surface area (Å²) >= 11 is 3.16. The third-order valence-electron chi connectivity index (χ3n) is 2.62. The van der Waals surface area contributed by atoms with Crippen LogP contribution in [0.15, 0.2) is 45.5 Å². The maximum atomic E-state index is 12.1. The average Bonchev–Trinajstić information content (AvgIpc) is 2.84. The maximum absolute atomic E-state index is 12.1. The van der Waals surface area contributed by atoms with Gasteiger partial charge in [0.2, 0.25) is 5.78 Å². The largest absolute Gasteiger partial charge is 0.485 e. The minimum Gasteiger partial charge on any atom is -0.485 e. The molecule has 3 rings (SSSR count). The molecule has 1 aliphatic rings. The first-order valence-corrected chi connectivity index (χ1v) is 6.21. The van der Waals surface area contributed by atoms with E-state index in [1.165, 1.54) is 0 Å². The number of Topliss-reactive ketones (excluding diaryl/α,β-unsaturated/α-hetero) is 1. The quantitative estimate of drug-likeness (QED) is 0.800. The van der Waals surface area contributed by atoms with Crippen molar-refractivity contribution < 1.29 is 18.7 Å². The van der Waals surface area contributed by atoms with Crippen LogP contribution in [-0.2, 0) is 0 Å². The fourth-order valence-electron chi connectivity index (χ4n) is 1.75. The van der Waals surface area contributed by atoms with Gasteiger partial charge in [0.25, 0.3) is 0 Å². The van der Waals surface area contributed by atoms with Gasteiger partial charge in [-0.2, -0.15) is 0 Å². The number of carbonyl (C=O) groups excluding carboxylic acids is 1. The fraction of sp³-hybridized carbons (Fsp3) is 0.154. The number of hydrogen-bond acceptors (Lipinski definition) is 4. The van der Waals surface area contributed by atoms with E-state index in [1.807, 2.05) is 12.1 Å². The molecule has 0 saturated carbocycles. The van der Waals surface area contributed by atoms with E-state index in [-0.39, 0.29) is 18.2 Å². The van der Waals surface area contributed by atoms with Gasteiger partial charge in [-0.15, -0.1) is 0 Å². The Kier molecular flexibility index (Phi) is 2.83. The zero-order valence-corrected chi connectivity index (χ0v) is 10.8. The summed E-state index contributed by atoms with van der Waals surface area (Å²) in [5.74, 6) is 1.26. The molecule has 2 heterocycles. The van der Waals surface area contributed by atoms with Gasteiger partial charge in [0.1, 0.15) is 6.61 Å². The topological polar surface area (TPSA) is 48.7 Å². The lowest BCUT2D eigenvalue weighted by molar-refractivity contribution is 0.0558. The van der Waals surface area contributed by atoms with Gasteiger partial charge in [-0.05, 0) is 40.2 Å². The van der Waals surface area contributed by atoms with Crippen LogP contribution < -0.4 is 9.47 Å². The number of fused-ring (bicyclic) bond motifs is 1. The van der Waals surface area contributed by atoms with Gasteiger partial charge in [0, 0.05) is 0 Å². The molecule has 0 N–H and O–H groups in total. The fourth-order valence-corrected chi connectivity index (χ4v) is 2.06. The number of ketones is 1. The van der Waals surface area contributed by atoms with E-state index in [0.717, 1.165) is 0 Å². The molecule has 0 fully saturated rings. The summed E-state index contributed by atoms with van der Waals surface area (Å²) < 4.78 is 16.8.